The fourth-order valence-corrected chi connectivity index (χ4v) is 2.49. The number of hydrogen-bond acceptors (Lipinski definition) is 4. The van der Waals surface area contributed by atoms with Crippen molar-refractivity contribution in [3.63, 3.8) is 0 Å². The van der Waals surface area contributed by atoms with Crippen molar-refractivity contribution in [1.29, 1.82) is 0 Å². The minimum Gasteiger partial charge on any atom is -0.476 e. The lowest BCUT2D eigenvalue weighted by Gasteiger charge is -2.10. The van der Waals surface area contributed by atoms with Crippen LogP contribution < -0.4 is 5.73 Å². The van der Waals surface area contributed by atoms with Gasteiger partial charge in [-0.2, -0.15) is 0 Å². The fourth-order valence-electron chi connectivity index (χ4n) is 2.49. The lowest BCUT2D eigenvalue weighted by Crippen LogP contribution is -2.07. The highest BCUT2D eigenvalue weighted by Crippen LogP contribution is 2.25. The summed E-state index contributed by atoms with van der Waals surface area (Å²) in [7, 11) is 0. The Bertz CT molecular complexity index is 871. The van der Waals surface area contributed by atoms with E-state index in [9.17, 15) is 9.90 Å². The lowest BCUT2D eigenvalue weighted by atomic mass is 10.1. The van der Waals surface area contributed by atoms with Crippen molar-refractivity contribution in [3.05, 3.63) is 65.4 Å². The molecule has 0 amide bonds. The van der Waals surface area contributed by atoms with Crippen LogP contribution in [0.2, 0.25) is 0 Å². The van der Waals surface area contributed by atoms with Crippen LogP contribution in [0.15, 0.2) is 48.5 Å². The zero-order valence-electron chi connectivity index (χ0n) is 12.6. The van der Waals surface area contributed by atoms with Gasteiger partial charge in [0.15, 0.2) is 5.69 Å². The number of carbonyl (C=O) groups is 1. The highest BCUT2D eigenvalue weighted by atomic mass is 16.4. The molecule has 6 heteroatoms. The molecule has 1 heterocycles. The third kappa shape index (κ3) is 2.91. The minimum absolute atomic E-state index is 0.0795. The van der Waals surface area contributed by atoms with Gasteiger partial charge in [-0.05, 0) is 30.2 Å². The maximum absolute atomic E-state index is 11.5. The van der Waals surface area contributed by atoms with E-state index in [0.717, 1.165) is 11.1 Å². The molecule has 0 radical (unpaired) electrons. The lowest BCUT2D eigenvalue weighted by molar-refractivity contribution is 0.0691. The minimum atomic E-state index is -1.11. The SMILES string of the molecule is Cc1ccccc1Cn1nnc(C(=O)O)c1-c1cccc(N)c1. The molecule has 0 aliphatic carbocycles. The van der Waals surface area contributed by atoms with Crippen LogP contribution in [0.25, 0.3) is 11.3 Å². The molecule has 0 atom stereocenters. The van der Waals surface area contributed by atoms with E-state index in [1.54, 1.807) is 28.9 Å². The van der Waals surface area contributed by atoms with E-state index < -0.39 is 5.97 Å². The van der Waals surface area contributed by atoms with Crippen LogP contribution in [-0.2, 0) is 6.54 Å². The maximum atomic E-state index is 11.5. The number of aromatic nitrogens is 3. The van der Waals surface area contributed by atoms with Gasteiger partial charge in [-0.25, -0.2) is 9.48 Å². The standard InChI is InChI=1S/C17H16N4O2/c1-11-5-2-3-6-13(11)10-21-16(15(17(22)23)19-20-21)12-7-4-8-14(18)9-12/h2-9H,10,18H2,1H3,(H,22,23). The van der Waals surface area contributed by atoms with Crippen molar-refractivity contribution < 1.29 is 9.90 Å². The summed E-state index contributed by atoms with van der Waals surface area (Å²) in [5, 5.41) is 17.2. The van der Waals surface area contributed by atoms with Crippen LogP contribution >= 0.6 is 0 Å². The molecule has 23 heavy (non-hydrogen) atoms. The number of nitrogens with two attached hydrogens (primary N) is 1. The van der Waals surface area contributed by atoms with Crippen molar-refractivity contribution in [3.8, 4) is 11.3 Å². The van der Waals surface area contributed by atoms with Crippen molar-refractivity contribution in [2.24, 2.45) is 0 Å². The monoisotopic (exact) mass is 308 g/mol. The largest absolute Gasteiger partial charge is 0.476 e. The van der Waals surface area contributed by atoms with Crippen LogP contribution in [-0.4, -0.2) is 26.1 Å². The average molecular weight is 308 g/mol. The van der Waals surface area contributed by atoms with E-state index in [1.807, 2.05) is 31.2 Å². The smallest absolute Gasteiger partial charge is 0.358 e. The Balaban J connectivity index is 2.11. The second-order valence-corrected chi connectivity index (χ2v) is 5.30. The number of benzene rings is 2. The molecule has 3 N–H and O–H groups in total. The van der Waals surface area contributed by atoms with Gasteiger partial charge in [0, 0.05) is 11.3 Å². The topological polar surface area (TPSA) is 94.0 Å². The van der Waals surface area contributed by atoms with E-state index in [-0.39, 0.29) is 5.69 Å². The van der Waals surface area contributed by atoms with E-state index in [4.69, 9.17) is 5.73 Å². The fraction of sp³-hybridized carbons (Fsp3) is 0.118. The summed E-state index contributed by atoms with van der Waals surface area (Å²) in [5.41, 5.74) is 9.60. The highest BCUT2D eigenvalue weighted by Gasteiger charge is 2.21. The summed E-state index contributed by atoms with van der Waals surface area (Å²) >= 11 is 0. The Labute approximate surface area is 133 Å². The summed E-state index contributed by atoms with van der Waals surface area (Å²) in [6, 6.07) is 14.9. The number of aryl methyl sites for hydroxylation is 1. The third-order valence-corrected chi connectivity index (χ3v) is 3.68. The summed E-state index contributed by atoms with van der Waals surface area (Å²) < 4.78 is 1.60. The number of rotatable bonds is 4. The van der Waals surface area contributed by atoms with Crippen molar-refractivity contribution in [2.75, 3.05) is 5.73 Å². The maximum Gasteiger partial charge on any atom is 0.358 e. The zero-order chi connectivity index (χ0) is 16.4. The zero-order valence-corrected chi connectivity index (χ0v) is 12.6. The van der Waals surface area contributed by atoms with Crippen LogP contribution in [0.3, 0.4) is 0 Å². The van der Waals surface area contributed by atoms with E-state index >= 15 is 0 Å². The second-order valence-electron chi connectivity index (χ2n) is 5.30. The molecule has 1 aromatic heterocycles. The second kappa shape index (κ2) is 5.92. The third-order valence-electron chi connectivity index (χ3n) is 3.68. The molecule has 6 nitrogen and oxygen atoms in total. The van der Waals surface area contributed by atoms with Gasteiger partial charge >= 0.3 is 5.97 Å². The molecule has 0 aliphatic rings. The van der Waals surface area contributed by atoms with Crippen LogP contribution in [0.5, 0.6) is 0 Å². The summed E-state index contributed by atoms with van der Waals surface area (Å²) in [6.45, 7) is 2.45. The van der Waals surface area contributed by atoms with Crippen LogP contribution in [0.4, 0.5) is 5.69 Å². The summed E-state index contributed by atoms with van der Waals surface area (Å²) in [5.74, 6) is -1.11. The Kier molecular flexibility index (Phi) is 3.80. The molecule has 0 unspecified atom stereocenters. The summed E-state index contributed by atoms with van der Waals surface area (Å²) in [4.78, 5) is 11.5. The first-order valence-corrected chi connectivity index (χ1v) is 7.13. The number of hydrogen-bond donors (Lipinski definition) is 2. The van der Waals surface area contributed by atoms with Crippen molar-refractivity contribution in [1.82, 2.24) is 15.0 Å². The molecule has 0 fully saturated rings. The molecular formula is C17H16N4O2. The first kappa shape index (κ1) is 14.8. The molecule has 0 saturated heterocycles. The van der Waals surface area contributed by atoms with Gasteiger partial charge < -0.3 is 10.8 Å². The molecule has 0 bridgehead atoms. The highest BCUT2D eigenvalue weighted by molar-refractivity contribution is 5.92. The normalized spacial score (nSPS) is 10.7. The molecule has 0 saturated carbocycles. The molecule has 0 spiro atoms. The van der Waals surface area contributed by atoms with E-state index in [1.165, 1.54) is 0 Å². The van der Waals surface area contributed by atoms with Gasteiger partial charge in [0.1, 0.15) is 5.69 Å². The Hall–Kier alpha value is -3.15. The number of aromatic carboxylic acids is 1. The number of carboxylic acids is 1. The van der Waals surface area contributed by atoms with Gasteiger partial charge in [-0.15, -0.1) is 5.10 Å². The average Bonchev–Trinajstić information content (AvgIpc) is 2.93. The first-order chi connectivity index (χ1) is 11.1. The van der Waals surface area contributed by atoms with Crippen LogP contribution in [0, 0.1) is 6.92 Å². The number of nitrogens with zero attached hydrogens (tertiary/aromatic N) is 3. The predicted octanol–water partition coefficient (Wildman–Crippen LogP) is 2.58. The molecule has 0 aliphatic heterocycles. The van der Waals surface area contributed by atoms with E-state index in [0.29, 0.717) is 23.5 Å². The van der Waals surface area contributed by atoms with Gasteiger partial charge in [0.25, 0.3) is 0 Å². The molecular weight excluding hydrogens is 292 g/mol. The molecule has 116 valence electrons. The van der Waals surface area contributed by atoms with Crippen molar-refractivity contribution in [2.45, 2.75) is 13.5 Å². The van der Waals surface area contributed by atoms with Gasteiger partial charge in [0.2, 0.25) is 0 Å². The molecule has 2 aromatic carbocycles. The Morgan fingerprint density at radius 2 is 2.00 bits per heavy atom. The number of anilines is 1. The predicted molar refractivity (Wildman–Crippen MR) is 87.1 cm³/mol. The number of carboxylic acid groups (broad SMARTS) is 1. The molecule has 3 aromatic rings. The van der Waals surface area contributed by atoms with Crippen molar-refractivity contribution >= 4 is 11.7 Å². The summed E-state index contributed by atoms with van der Waals surface area (Å²) in [6.07, 6.45) is 0. The number of nitrogen functional groups attached to an aromatic ring is 1. The quantitative estimate of drug-likeness (QED) is 0.722. The Morgan fingerprint density at radius 1 is 1.22 bits per heavy atom. The van der Waals surface area contributed by atoms with Gasteiger partial charge in [0.05, 0.1) is 6.54 Å². The molecule has 3 rings (SSSR count). The first-order valence-electron chi connectivity index (χ1n) is 7.13. The van der Waals surface area contributed by atoms with Gasteiger partial charge in [-0.1, -0.05) is 41.6 Å². The van der Waals surface area contributed by atoms with Gasteiger partial charge in [-0.3, -0.25) is 0 Å². The van der Waals surface area contributed by atoms with Crippen LogP contribution in [0.1, 0.15) is 21.6 Å². The Morgan fingerprint density at radius 3 is 2.70 bits per heavy atom. The van der Waals surface area contributed by atoms with E-state index in [2.05, 4.69) is 10.3 Å².